The van der Waals surface area contributed by atoms with Gasteiger partial charge in [-0.05, 0) is 31.0 Å². The van der Waals surface area contributed by atoms with Crippen LogP contribution < -0.4 is 10.6 Å². The van der Waals surface area contributed by atoms with Crippen LogP contribution in [0.1, 0.15) is 38.3 Å². The van der Waals surface area contributed by atoms with Gasteiger partial charge in [-0.2, -0.15) is 0 Å². The Kier molecular flexibility index (Phi) is 5.95. The largest absolute Gasteiger partial charge is 0.355 e. The molecule has 6 heteroatoms. The number of rotatable bonds is 5. The van der Waals surface area contributed by atoms with Crippen LogP contribution in [0.2, 0.25) is 0 Å². The van der Waals surface area contributed by atoms with E-state index in [0.29, 0.717) is 11.7 Å². The molecule has 0 aliphatic heterocycles. The van der Waals surface area contributed by atoms with Gasteiger partial charge in [0.25, 0.3) is 0 Å². The van der Waals surface area contributed by atoms with E-state index in [4.69, 9.17) is 0 Å². The Labute approximate surface area is 152 Å². The molecule has 0 radical (unpaired) electrons. The molecule has 0 aliphatic rings. The minimum absolute atomic E-state index is 0.0634. The van der Waals surface area contributed by atoms with Gasteiger partial charge in [-0.3, -0.25) is 9.59 Å². The summed E-state index contributed by atoms with van der Waals surface area (Å²) in [5, 5.41) is 8.05. The first kappa shape index (κ1) is 19.1. The van der Waals surface area contributed by atoms with Crippen molar-refractivity contribution in [1.29, 1.82) is 0 Å². The van der Waals surface area contributed by atoms with Crippen molar-refractivity contribution < 1.29 is 9.59 Å². The van der Waals surface area contributed by atoms with Gasteiger partial charge in [0.2, 0.25) is 11.8 Å². The molecule has 0 unspecified atom stereocenters. The summed E-state index contributed by atoms with van der Waals surface area (Å²) in [6.07, 6.45) is 0.223. The van der Waals surface area contributed by atoms with Gasteiger partial charge < -0.3 is 10.6 Å². The topological polar surface area (TPSA) is 71.1 Å². The van der Waals surface area contributed by atoms with E-state index in [9.17, 15) is 9.59 Å². The van der Waals surface area contributed by atoms with Crippen LogP contribution >= 0.6 is 11.3 Å². The lowest BCUT2D eigenvalue weighted by Gasteiger charge is -2.17. The van der Waals surface area contributed by atoms with Gasteiger partial charge in [0.15, 0.2) is 5.13 Å². The van der Waals surface area contributed by atoms with Gasteiger partial charge >= 0.3 is 0 Å². The zero-order valence-electron chi connectivity index (χ0n) is 15.4. The van der Waals surface area contributed by atoms with Gasteiger partial charge in [0, 0.05) is 29.3 Å². The van der Waals surface area contributed by atoms with Gasteiger partial charge in [-0.1, -0.05) is 32.9 Å². The van der Waals surface area contributed by atoms with Crippen molar-refractivity contribution in [3.8, 4) is 11.3 Å². The number of carbonyl (C=O) groups is 2. The molecule has 2 N–H and O–H groups in total. The summed E-state index contributed by atoms with van der Waals surface area (Å²) < 4.78 is 0. The first-order chi connectivity index (χ1) is 11.7. The van der Waals surface area contributed by atoms with E-state index < -0.39 is 5.41 Å². The molecule has 0 aliphatic carbocycles. The Morgan fingerprint density at radius 1 is 1.16 bits per heavy atom. The Hall–Kier alpha value is -2.21. The van der Waals surface area contributed by atoms with Gasteiger partial charge in [0.1, 0.15) is 0 Å². The summed E-state index contributed by atoms with van der Waals surface area (Å²) in [6.45, 7) is 9.98. The molecule has 0 atom stereocenters. The molecular formula is C19H25N3O2S. The molecule has 0 saturated heterocycles. The Balaban J connectivity index is 1.89. The molecule has 2 aromatic rings. The van der Waals surface area contributed by atoms with Crippen molar-refractivity contribution in [3.05, 3.63) is 34.7 Å². The number of carbonyl (C=O) groups excluding carboxylic acids is 2. The molecule has 2 amide bonds. The third kappa shape index (κ3) is 5.39. The third-order valence-electron chi connectivity index (χ3n) is 3.87. The summed E-state index contributed by atoms with van der Waals surface area (Å²) in [5.74, 6) is -0.221. The molecule has 1 heterocycles. The van der Waals surface area contributed by atoms with E-state index in [1.165, 1.54) is 22.5 Å². The van der Waals surface area contributed by atoms with E-state index >= 15 is 0 Å². The normalized spacial score (nSPS) is 11.2. The number of nitrogens with zero attached hydrogens (tertiary/aromatic N) is 1. The number of amides is 2. The summed E-state index contributed by atoms with van der Waals surface area (Å²) in [4.78, 5) is 28.2. The fraction of sp³-hybridized carbons (Fsp3) is 0.421. The van der Waals surface area contributed by atoms with E-state index in [0.717, 1.165) is 11.3 Å². The predicted molar refractivity (Wildman–Crippen MR) is 103 cm³/mol. The molecule has 0 fully saturated rings. The number of nitrogens with one attached hydrogen (secondary N) is 2. The minimum Gasteiger partial charge on any atom is -0.355 e. The lowest BCUT2D eigenvalue weighted by molar-refractivity contribution is -0.128. The molecule has 5 nitrogen and oxygen atoms in total. The van der Waals surface area contributed by atoms with Gasteiger partial charge in [-0.15, -0.1) is 11.3 Å². The monoisotopic (exact) mass is 359 g/mol. The van der Waals surface area contributed by atoms with Crippen molar-refractivity contribution in [2.45, 2.75) is 41.0 Å². The van der Waals surface area contributed by atoms with E-state index in [2.05, 4.69) is 41.6 Å². The molecule has 0 saturated carbocycles. The van der Waals surface area contributed by atoms with Gasteiger partial charge in [0.05, 0.1) is 5.69 Å². The number of hydrogen-bond acceptors (Lipinski definition) is 4. The first-order valence-corrected chi connectivity index (χ1v) is 9.16. The zero-order chi connectivity index (χ0) is 18.6. The number of thiazole rings is 1. The molecule has 1 aromatic heterocycles. The fourth-order valence-electron chi connectivity index (χ4n) is 2.10. The van der Waals surface area contributed by atoms with E-state index in [1.54, 1.807) is 0 Å². The van der Waals surface area contributed by atoms with Crippen molar-refractivity contribution in [3.63, 3.8) is 0 Å². The molecule has 0 spiro atoms. The zero-order valence-corrected chi connectivity index (χ0v) is 16.2. The van der Waals surface area contributed by atoms with Crippen molar-refractivity contribution >= 4 is 28.3 Å². The standard InChI is InChI=1S/C19H25N3O2S/c1-12-6-7-14(10-13(12)2)15-11-25-18(21-15)22-16(23)8-9-20-17(24)19(3,4)5/h6-7,10-11H,8-9H2,1-5H3,(H,20,24)(H,21,22,23). The maximum Gasteiger partial charge on any atom is 0.227 e. The Morgan fingerprint density at radius 2 is 1.88 bits per heavy atom. The average molecular weight is 359 g/mol. The molecular weight excluding hydrogens is 334 g/mol. The maximum absolute atomic E-state index is 12.0. The lowest BCUT2D eigenvalue weighted by atomic mass is 9.96. The molecule has 0 bridgehead atoms. The highest BCUT2D eigenvalue weighted by atomic mass is 32.1. The first-order valence-electron chi connectivity index (χ1n) is 8.28. The highest BCUT2D eigenvalue weighted by Gasteiger charge is 2.20. The van der Waals surface area contributed by atoms with Crippen LogP contribution in [-0.2, 0) is 9.59 Å². The molecule has 134 valence electrons. The van der Waals surface area contributed by atoms with Gasteiger partial charge in [-0.25, -0.2) is 4.98 Å². The van der Waals surface area contributed by atoms with Crippen LogP contribution in [0.5, 0.6) is 0 Å². The highest BCUT2D eigenvalue weighted by molar-refractivity contribution is 7.14. The molecule has 1 aromatic carbocycles. The van der Waals surface area contributed by atoms with Crippen LogP contribution in [0, 0.1) is 19.3 Å². The maximum atomic E-state index is 12.0. The van der Waals surface area contributed by atoms with Crippen LogP contribution in [0.15, 0.2) is 23.6 Å². The average Bonchev–Trinajstić information content (AvgIpc) is 2.97. The summed E-state index contributed by atoms with van der Waals surface area (Å²) in [6, 6.07) is 6.20. The fourth-order valence-corrected chi connectivity index (χ4v) is 2.84. The number of aromatic nitrogens is 1. The number of anilines is 1. The predicted octanol–water partition coefficient (Wildman–Crippen LogP) is 3.92. The summed E-state index contributed by atoms with van der Waals surface area (Å²) >= 11 is 1.40. The lowest BCUT2D eigenvalue weighted by Crippen LogP contribution is -2.36. The third-order valence-corrected chi connectivity index (χ3v) is 4.63. The summed E-state index contributed by atoms with van der Waals surface area (Å²) in [7, 11) is 0. The van der Waals surface area contributed by atoms with Crippen molar-refractivity contribution in [2.75, 3.05) is 11.9 Å². The van der Waals surface area contributed by atoms with Crippen LogP contribution in [0.25, 0.3) is 11.3 Å². The smallest absolute Gasteiger partial charge is 0.227 e. The van der Waals surface area contributed by atoms with Crippen molar-refractivity contribution in [1.82, 2.24) is 10.3 Å². The second-order valence-corrected chi connectivity index (χ2v) is 8.00. The Morgan fingerprint density at radius 3 is 2.52 bits per heavy atom. The SMILES string of the molecule is Cc1ccc(-c2csc(NC(=O)CCNC(=O)C(C)(C)C)n2)cc1C. The van der Waals surface area contributed by atoms with E-state index in [-0.39, 0.29) is 18.2 Å². The molecule has 2 rings (SSSR count). The quantitative estimate of drug-likeness (QED) is 0.850. The summed E-state index contributed by atoms with van der Waals surface area (Å²) in [5.41, 5.74) is 3.89. The van der Waals surface area contributed by atoms with E-state index in [1.807, 2.05) is 32.2 Å². The Bertz CT molecular complexity index is 775. The molecule has 25 heavy (non-hydrogen) atoms. The highest BCUT2D eigenvalue weighted by Crippen LogP contribution is 2.26. The number of aryl methyl sites for hydroxylation is 2. The second-order valence-electron chi connectivity index (χ2n) is 7.14. The number of benzene rings is 1. The minimum atomic E-state index is -0.452. The van der Waals surface area contributed by atoms with Crippen LogP contribution in [0.4, 0.5) is 5.13 Å². The number of hydrogen-bond donors (Lipinski definition) is 2. The second kappa shape index (κ2) is 7.78. The van der Waals surface area contributed by atoms with Crippen LogP contribution in [-0.4, -0.2) is 23.3 Å². The van der Waals surface area contributed by atoms with Crippen molar-refractivity contribution in [2.24, 2.45) is 5.41 Å². The van der Waals surface area contributed by atoms with Crippen LogP contribution in [0.3, 0.4) is 0 Å².